The first-order valence-electron chi connectivity index (χ1n) is 16.1. The van der Waals surface area contributed by atoms with Crippen LogP contribution in [0.5, 0.6) is 5.75 Å². The number of phenols is 1. The van der Waals surface area contributed by atoms with Crippen molar-refractivity contribution in [3.63, 3.8) is 0 Å². The number of aliphatic hydroxyl groups is 2. The lowest BCUT2D eigenvalue weighted by Gasteiger charge is -2.42. The van der Waals surface area contributed by atoms with E-state index in [4.69, 9.17) is 14.2 Å². The molecule has 5 atom stereocenters. The lowest BCUT2D eigenvalue weighted by atomic mass is 9.89. The molecule has 0 spiro atoms. The molecule has 0 aliphatic carbocycles. The number of hydrogen-bond acceptors (Lipinski definition) is 8. The number of nitrogens with zero attached hydrogens (tertiary/aromatic N) is 1. The van der Waals surface area contributed by atoms with Gasteiger partial charge in [0.05, 0.1) is 24.9 Å². The number of hydrogen-bond donors (Lipinski definition) is 4. The van der Waals surface area contributed by atoms with Crippen molar-refractivity contribution < 1.29 is 34.3 Å². The fourth-order valence-corrected chi connectivity index (χ4v) is 5.93. The van der Waals surface area contributed by atoms with Gasteiger partial charge in [0.2, 0.25) is 0 Å². The zero-order valence-electron chi connectivity index (χ0n) is 27.4. The Bertz CT molecular complexity index is 1660. The Kier molecular flexibility index (Phi) is 12.0. The molecule has 1 saturated heterocycles. The van der Waals surface area contributed by atoms with Gasteiger partial charge in [-0.2, -0.15) is 0 Å². The third-order valence-electron chi connectivity index (χ3n) is 8.54. The number of amides is 1. The van der Waals surface area contributed by atoms with Crippen LogP contribution in [0.15, 0.2) is 110 Å². The van der Waals surface area contributed by atoms with Crippen LogP contribution in [0, 0.1) is 5.92 Å². The molecule has 48 heavy (non-hydrogen) atoms. The second-order valence-corrected chi connectivity index (χ2v) is 12.2. The standard InChI is InChI=1S/C39H44N2O7/c1-4-18-46-39(45)40-22-28-8-5-9-30(19-28)31-10-6-12-33(20-31)38-47-36(24-41(3)23-35(44)32-11-7-13-34(43)21-32)26(2)37(48-38)29-16-14-27(25-42)15-17-29/h4-17,19-21,26,35-38,42-44H,1,18,22-25H2,2-3H3,(H,40,45)/t26-,35-,36+,37+,38+/m1/s1. The number of phenolic OH excluding ortho intramolecular Hbond substituents is 1. The molecule has 1 heterocycles. The van der Waals surface area contributed by atoms with E-state index in [2.05, 4.69) is 24.9 Å². The minimum atomic E-state index is -0.782. The van der Waals surface area contributed by atoms with E-state index in [-0.39, 0.29) is 37.1 Å². The van der Waals surface area contributed by atoms with Gasteiger partial charge in [0.15, 0.2) is 6.29 Å². The molecule has 0 radical (unpaired) electrons. The molecule has 9 heteroatoms. The smallest absolute Gasteiger partial charge is 0.407 e. The summed E-state index contributed by atoms with van der Waals surface area (Å²) in [5, 5.41) is 33.1. The molecule has 4 aromatic rings. The minimum Gasteiger partial charge on any atom is -0.508 e. The van der Waals surface area contributed by atoms with Gasteiger partial charge in [-0.05, 0) is 64.7 Å². The summed E-state index contributed by atoms with van der Waals surface area (Å²) in [7, 11) is 1.94. The van der Waals surface area contributed by atoms with E-state index in [0.717, 1.165) is 33.4 Å². The number of ether oxygens (including phenoxy) is 3. The number of rotatable bonds is 13. The zero-order chi connectivity index (χ0) is 34.0. The predicted molar refractivity (Wildman–Crippen MR) is 184 cm³/mol. The van der Waals surface area contributed by atoms with Crippen molar-refractivity contribution >= 4 is 6.09 Å². The van der Waals surface area contributed by atoms with Gasteiger partial charge in [-0.25, -0.2) is 4.79 Å². The first-order valence-corrected chi connectivity index (χ1v) is 16.1. The highest BCUT2D eigenvalue weighted by Crippen LogP contribution is 2.42. The summed E-state index contributed by atoms with van der Waals surface area (Å²) in [4.78, 5) is 13.9. The third-order valence-corrected chi connectivity index (χ3v) is 8.54. The van der Waals surface area contributed by atoms with Gasteiger partial charge in [-0.15, -0.1) is 0 Å². The van der Waals surface area contributed by atoms with E-state index in [0.29, 0.717) is 25.2 Å². The molecule has 1 aliphatic heterocycles. The molecule has 5 rings (SSSR count). The summed E-state index contributed by atoms with van der Waals surface area (Å²) in [6.45, 7) is 6.98. The lowest BCUT2D eigenvalue weighted by molar-refractivity contribution is -0.276. The monoisotopic (exact) mass is 652 g/mol. The molecule has 1 amide bonds. The molecule has 0 bridgehead atoms. The van der Waals surface area contributed by atoms with Crippen molar-refractivity contribution in [2.45, 2.75) is 44.7 Å². The van der Waals surface area contributed by atoms with Crippen LogP contribution in [0.25, 0.3) is 11.1 Å². The van der Waals surface area contributed by atoms with E-state index in [1.165, 1.54) is 6.08 Å². The second kappa shape index (κ2) is 16.5. The third kappa shape index (κ3) is 9.09. The molecule has 1 fully saturated rings. The number of aliphatic hydroxyl groups excluding tert-OH is 2. The molecule has 0 saturated carbocycles. The average molecular weight is 653 g/mol. The Hall–Kier alpha value is -4.51. The Morgan fingerprint density at radius 3 is 2.42 bits per heavy atom. The van der Waals surface area contributed by atoms with E-state index in [1.54, 1.807) is 24.3 Å². The summed E-state index contributed by atoms with van der Waals surface area (Å²) in [6, 6.07) is 30.5. The maximum Gasteiger partial charge on any atom is 0.407 e. The lowest BCUT2D eigenvalue weighted by Crippen LogP contribution is -2.44. The first-order chi connectivity index (χ1) is 23.2. The van der Waals surface area contributed by atoms with Gasteiger partial charge in [0.25, 0.3) is 0 Å². The van der Waals surface area contributed by atoms with Gasteiger partial charge >= 0.3 is 6.09 Å². The van der Waals surface area contributed by atoms with Gasteiger partial charge in [0.1, 0.15) is 12.4 Å². The summed E-state index contributed by atoms with van der Waals surface area (Å²) in [6.07, 6.45) is -0.959. The SMILES string of the molecule is C=CCOC(=O)NCc1cccc(-c2cccc([C@H]3O[C@@H](CN(C)C[C@@H](O)c4cccc(O)c4)[C@@H](C)[C@@H](c4ccc(CO)cc4)O3)c2)c1. The molecule has 1 aliphatic rings. The maximum absolute atomic E-state index is 11.9. The molecule has 252 valence electrons. The van der Waals surface area contributed by atoms with Crippen molar-refractivity contribution in [3.8, 4) is 16.9 Å². The molecular formula is C39H44N2O7. The fraction of sp³-hybridized carbons (Fsp3) is 0.308. The van der Waals surface area contributed by atoms with Crippen molar-refractivity contribution in [2.24, 2.45) is 5.92 Å². The number of benzene rings is 4. The Labute approximate surface area is 282 Å². The summed E-state index contributed by atoms with van der Waals surface area (Å²) in [5.41, 5.74) is 6.20. The number of carbonyl (C=O) groups excluding carboxylic acids is 1. The number of likely N-dealkylation sites (N-methyl/N-ethyl adjacent to an activating group) is 1. The second-order valence-electron chi connectivity index (χ2n) is 12.2. The fourth-order valence-electron chi connectivity index (χ4n) is 5.93. The summed E-state index contributed by atoms with van der Waals surface area (Å²) >= 11 is 0. The Morgan fingerprint density at radius 1 is 0.958 bits per heavy atom. The predicted octanol–water partition coefficient (Wildman–Crippen LogP) is 6.42. The normalized spacial score (nSPS) is 19.9. The highest BCUT2D eigenvalue weighted by molar-refractivity contribution is 5.68. The number of nitrogens with one attached hydrogen (secondary N) is 1. The summed E-state index contributed by atoms with van der Waals surface area (Å²) < 4.78 is 18.4. The molecule has 9 nitrogen and oxygen atoms in total. The van der Waals surface area contributed by atoms with Crippen molar-refractivity contribution in [1.82, 2.24) is 10.2 Å². The molecule has 0 unspecified atom stereocenters. The van der Waals surface area contributed by atoms with Crippen LogP contribution in [0.1, 0.15) is 53.2 Å². The Morgan fingerprint density at radius 2 is 1.69 bits per heavy atom. The quantitative estimate of drug-likeness (QED) is 0.122. The van der Waals surface area contributed by atoms with Crippen LogP contribution in [0.3, 0.4) is 0 Å². The summed E-state index contributed by atoms with van der Waals surface area (Å²) in [5.74, 6) is 0.0789. The van der Waals surface area contributed by atoms with E-state index in [1.807, 2.05) is 78.7 Å². The molecule has 4 N–H and O–H groups in total. The van der Waals surface area contributed by atoms with Gasteiger partial charge in [-0.3, -0.25) is 0 Å². The van der Waals surface area contributed by atoms with Gasteiger partial charge in [0, 0.05) is 31.1 Å². The van der Waals surface area contributed by atoms with Gasteiger partial charge in [-0.1, -0.05) is 92.4 Å². The largest absolute Gasteiger partial charge is 0.508 e. The van der Waals surface area contributed by atoms with E-state index >= 15 is 0 Å². The van der Waals surface area contributed by atoms with E-state index in [9.17, 15) is 20.1 Å². The van der Waals surface area contributed by atoms with Crippen molar-refractivity contribution in [2.75, 3.05) is 26.7 Å². The van der Waals surface area contributed by atoms with Crippen molar-refractivity contribution in [3.05, 3.63) is 138 Å². The number of carbonyl (C=O) groups is 1. The number of alkyl carbamates (subject to hydrolysis) is 1. The number of aromatic hydroxyl groups is 1. The van der Waals surface area contributed by atoms with Crippen LogP contribution in [0.2, 0.25) is 0 Å². The van der Waals surface area contributed by atoms with Crippen LogP contribution < -0.4 is 5.32 Å². The highest BCUT2D eigenvalue weighted by Gasteiger charge is 2.39. The van der Waals surface area contributed by atoms with E-state index < -0.39 is 18.5 Å². The van der Waals surface area contributed by atoms with Crippen LogP contribution in [-0.2, 0) is 27.4 Å². The minimum absolute atomic E-state index is 0.0351. The van der Waals surface area contributed by atoms with Crippen LogP contribution in [0.4, 0.5) is 4.79 Å². The average Bonchev–Trinajstić information content (AvgIpc) is 3.11. The van der Waals surface area contributed by atoms with Gasteiger partial charge < -0.3 is 39.7 Å². The molecule has 4 aromatic carbocycles. The highest BCUT2D eigenvalue weighted by atomic mass is 16.7. The first kappa shape index (κ1) is 34.8. The maximum atomic E-state index is 11.9. The van der Waals surface area contributed by atoms with Crippen LogP contribution in [-0.4, -0.2) is 59.2 Å². The Balaban J connectivity index is 1.36. The van der Waals surface area contributed by atoms with Crippen LogP contribution >= 0.6 is 0 Å². The van der Waals surface area contributed by atoms with Crippen molar-refractivity contribution in [1.29, 1.82) is 0 Å². The topological polar surface area (TPSA) is 121 Å². The molecule has 0 aromatic heterocycles. The zero-order valence-corrected chi connectivity index (χ0v) is 27.4. The molecular weight excluding hydrogens is 608 g/mol.